The highest BCUT2D eigenvalue weighted by molar-refractivity contribution is 7.91. The fraction of sp³-hybridized carbons (Fsp3) is 0.730. The zero-order valence-corrected chi connectivity index (χ0v) is 28.9. The first-order valence-corrected chi connectivity index (χ1v) is 18.9. The highest BCUT2D eigenvalue weighted by Crippen LogP contribution is 2.43. The molecule has 0 saturated carbocycles. The largest absolute Gasteiger partial charge is 0.374 e. The molecule has 4 fully saturated rings. The number of benzene rings is 1. The predicted octanol–water partition coefficient (Wildman–Crippen LogP) is 7.45. The highest BCUT2D eigenvalue weighted by Gasteiger charge is 2.48. The van der Waals surface area contributed by atoms with Gasteiger partial charge in [0.05, 0.1) is 60.0 Å². The van der Waals surface area contributed by atoms with Gasteiger partial charge in [-0.3, -0.25) is 0 Å². The second-order valence-electron chi connectivity index (χ2n) is 14.5. The summed E-state index contributed by atoms with van der Waals surface area (Å²) in [4.78, 5) is 0.355. The van der Waals surface area contributed by atoms with Crippen LogP contribution in [0.25, 0.3) is 0 Å². The third kappa shape index (κ3) is 8.68. The molecule has 0 radical (unpaired) electrons. The average molecular weight is 645 g/mol. The molecule has 1 aromatic carbocycles. The quantitative estimate of drug-likeness (QED) is 0.207. The molecule has 7 nitrogen and oxygen atoms in total. The summed E-state index contributed by atoms with van der Waals surface area (Å²) in [5.41, 5.74) is 2.29. The van der Waals surface area contributed by atoms with Crippen molar-refractivity contribution in [1.29, 1.82) is 0 Å². The minimum Gasteiger partial charge on any atom is -0.374 e. The molecule has 252 valence electrons. The summed E-state index contributed by atoms with van der Waals surface area (Å²) in [7, 11) is -3.51. The number of unbranched alkanes of at least 4 members (excludes halogenated alkanes) is 1. The fourth-order valence-electron chi connectivity index (χ4n) is 7.79. The predicted molar refractivity (Wildman–Crippen MR) is 177 cm³/mol. The summed E-state index contributed by atoms with van der Waals surface area (Å²) in [6.07, 6.45) is 8.25. The average Bonchev–Trinajstić information content (AvgIpc) is 3.63. The van der Waals surface area contributed by atoms with E-state index in [4.69, 9.17) is 23.7 Å². The Kier molecular flexibility index (Phi) is 11.4. The van der Waals surface area contributed by atoms with Crippen LogP contribution in [-0.2, 0) is 33.5 Å². The van der Waals surface area contributed by atoms with Crippen LogP contribution in [0.2, 0.25) is 0 Å². The molecule has 4 saturated heterocycles. The van der Waals surface area contributed by atoms with Crippen LogP contribution < -0.4 is 0 Å². The van der Waals surface area contributed by atoms with Gasteiger partial charge in [0.25, 0.3) is 0 Å². The number of ether oxygens (including phenoxy) is 5. The van der Waals surface area contributed by atoms with Crippen molar-refractivity contribution < 1.29 is 32.1 Å². The molecule has 0 amide bonds. The van der Waals surface area contributed by atoms with Gasteiger partial charge in [-0.2, -0.15) is 0 Å². The first-order valence-electron chi connectivity index (χ1n) is 17.3. The Morgan fingerprint density at radius 3 is 2.31 bits per heavy atom. The van der Waals surface area contributed by atoms with Crippen LogP contribution >= 0.6 is 0 Å². The van der Waals surface area contributed by atoms with Crippen LogP contribution in [0.4, 0.5) is 0 Å². The van der Waals surface area contributed by atoms with E-state index in [-0.39, 0.29) is 54.2 Å². The van der Waals surface area contributed by atoms with Crippen LogP contribution in [0.3, 0.4) is 0 Å². The van der Waals surface area contributed by atoms with Crippen LogP contribution in [0.5, 0.6) is 0 Å². The van der Waals surface area contributed by atoms with E-state index < -0.39 is 15.6 Å². The molecule has 8 heteroatoms. The van der Waals surface area contributed by atoms with Gasteiger partial charge < -0.3 is 23.7 Å². The first kappa shape index (κ1) is 34.8. The van der Waals surface area contributed by atoms with Crippen LogP contribution in [0.1, 0.15) is 92.4 Å². The highest BCUT2D eigenvalue weighted by atomic mass is 32.2. The third-order valence-corrected chi connectivity index (χ3v) is 12.4. The summed E-state index contributed by atoms with van der Waals surface area (Å²) in [5.74, 6) is -0.431. The molecular formula is C37H56O7S. The molecular weight excluding hydrogens is 588 g/mol. The summed E-state index contributed by atoms with van der Waals surface area (Å²) < 4.78 is 59.1. The van der Waals surface area contributed by atoms with Crippen molar-refractivity contribution in [3.63, 3.8) is 0 Å². The summed E-state index contributed by atoms with van der Waals surface area (Å²) in [6, 6.07) is 8.76. The lowest BCUT2D eigenvalue weighted by atomic mass is 9.82. The van der Waals surface area contributed by atoms with Gasteiger partial charge in [-0.25, -0.2) is 8.42 Å². The SMILES string of the molecule is C=C1C[C@H](CCCC)OC1CC[C@H]1C[C@@H](C)C(=C)C(C[C@@H]2O[C@H](C[C@H]3COC(C)(C)O3)[C@H](C)[C@H]2CS(=O)(=O)c2ccccc2)O1. The van der Waals surface area contributed by atoms with Crippen LogP contribution in [-0.4, -0.2) is 69.3 Å². The molecule has 10 atom stereocenters. The van der Waals surface area contributed by atoms with Gasteiger partial charge in [-0.1, -0.05) is 65.0 Å². The van der Waals surface area contributed by atoms with Gasteiger partial charge in [0.15, 0.2) is 15.6 Å². The van der Waals surface area contributed by atoms with E-state index in [1.165, 1.54) is 18.4 Å². The van der Waals surface area contributed by atoms with Crippen molar-refractivity contribution in [2.75, 3.05) is 12.4 Å². The number of sulfone groups is 1. The van der Waals surface area contributed by atoms with Crippen molar-refractivity contribution in [2.45, 2.75) is 146 Å². The molecule has 0 aliphatic carbocycles. The zero-order valence-electron chi connectivity index (χ0n) is 28.1. The molecule has 0 N–H and O–H groups in total. The molecule has 4 heterocycles. The Hall–Kier alpha value is -1.55. The second kappa shape index (κ2) is 14.7. The lowest BCUT2D eigenvalue weighted by Crippen LogP contribution is -2.38. The summed E-state index contributed by atoms with van der Waals surface area (Å²) in [5, 5.41) is 0. The number of rotatable bonds is 13. The Balaban J connectivity index is 1.26. The standard InChI is InChI=1S/C37H56O7S/c1-8-9-13-28-19-25(3)33(41-28)17-16-29-18-24(2)26(4)35(42-29)21-36-32(23-45(38,39)31-14-11-10-12-15-31)27(5)34(43-36)20-30-22-40-37(6,7)44-30/h10-12,14-15,24,27-30,32-36H,3-4,8-9,13,16-23H2,1-2,5-7H3/t24-,27-,28+,29+,30+,32-,33?,34-,35?,36+/m1/s1. The van der Waals surface area contributed by atoms with E-state index in [0.29, 0.717) is 36.4 Å². The van der Waals surface area contributed by atoms with Crippen molar-refractivity contribution in [1.82, 2.24) is 0 Å². The minimum atomic E-state index is -3.51. The van der Waals surface area contributed by atoms with Crippen LogP contribution in [0, 0.1) is 17.8 Å². The summed E-state index contributed by atoms with van der Waals surface area (Å²) >= 11 is 0. The van der Waals surface area contributed by atoms with Gasteiger partial charge in [0.1, 0.15) is 0 Å². The van der Waals surface area contributed by atoms with Gasteiger partial charge in [-0.15, -0.1) is 0 Å². The molecule has 0 aromatic heterocycles. The molecule has 1 aromatic rings. The van der Waals surface area contributed by atoms with Crippen LogP contribution in [0.15, 0.2) is 59.5 Å². The Morgan fingerprint density at radius 1 is 0.889 bits per heavy atom. The lowest BCUT2D eigenvalue weighted by Gasteiger charge is -2.38. The molecule has 45 heavy (non-hydrogen) atoms. The molecule has 5 rings (SSSR count). The maximum absolute atomic E-state index is 13.6. The Morgan fingerprint density at radius 2 is 1.62 bits per heavy atom. The fourth-order valence-corrected chi connectivity index (χ4v) is 9.58. The Bertz CT molecular complexity index is 1260. The second-order valence-corrected chi connectivity index (χ2v) is 16.6. The minimum absolute atomic E-state index is 0.0251. The van der Waals surface area contributed by atoms with E-state index in [2.05, 4.69) is 33.9 Å². The maximum atomic E-state index is 13.6. The maximum Gasteiger partial charge on any atom is 0.178 e. The van der Waals surface area contributed by atoms with Crippen molar-refractivity contribution in [3.05, 3.63) is 54.6 Å². The van der Waals surface area contributed by atoms with Crippen molar-refractivity contribution in [2.24, 2.45) is 17.8 Å². The van der Waals surface area contributed by atoms with Gasteiger partial charge in [0.2, 0.25) is 0 Å². The topological polar surface area (TPSA) is 80.3 Å². The molecule has 4 aliphatic rings. The van der Waals surface area contributed by atoms with Crippen molar-refractivity contribution in [3.8, 4) is 0 Å². The summed E-state index contributed by atoms with van der Waals surface area (Å²) in [6.45, 7) is 19.7. The smallest absolute Gasteiger partial charge is 0.178 e. The first-order chi connectivity index (χ1) is 21.3. The van der Waals surface area contributed by atoms with Gasteiger partial charge in [-0.05, 0) is 81.1 Å². The lowest BCUT2D eigenvalue weighted by molar-refractivity contribution is -0.143. The van der Waals surface area contributed by atoms with E-state index >= 15 is 0 Å². The monoisotopic (exact) mass is 644 g/mol. The van der Waals surface area contributed by atoms with Crippen molar-refractivity contribution >= 4 is 9.84 Å². The van der Waals surface area contributed by atoms with E-state index in [1.807, 2.05) is 19.9 Å². The normalized spacial score (nSPS) is 37.0. The Labute approximate surface area is 272 Å². The molecule has 2 unspecified atom stereocenters. The molecule has 0 spiro atoms. The van der Waals surface area contributed by atoms with E-state index in [1.54, 1.807) is 24.3 Å². The number of hydrogen-bond acceptors (Lipinski definition) is 7. The van der Waals surface area contributed by atoms with E-state index in [0.717, 1.165) is 37.7 Å². The van der Waals surface area contributed by atoms with Gasteiger partial charge >= 0.3 is 0 Å². The molecule has 0 bridgehead atoms. The number of hydrogen-bond donors (Lipinski definition) is 0. The zero-order chi connectivity index (χ0) is 32.4. The third-order valence-electron chi connectivity index (χ3n) is 10.6. The van der Waals surface area contributed by atoms with Gasteiger partial charge in [0, 0.05) is 18.8 Å². The molecule has 4 aliphatic heterocycles. The van der Waals surface area contributed by atoms with E-state index in [9.17, 15) is 8.42 Å².